The minimum absolute atomic E-state index is 0.0387. The molecule has 1 aromatic heterocycles. The molecule has 2 aliphatic heterocycles. The molecule has 25 heavy (non-hydrogen) atoms. The van der Waals surface area contributed by atoms with E-state index >= 15 is 0 Å². The second-order valence-electron chi connectivity index (χ2n) is 6.93. The fraction of sp³-hybridized carbons (Fsp3) is 0.611. The summed E-state index contributed by atoms with van der Waals surface area (Å²) in [7, 11) is 0. The van der Waals surface area contributed by atoms with Crippen molar-refractivity contribution in [2.75, 3.05) is 26.2 Å². The molecule has 2 aliphatic rings. The van der Waals surface area contributed by atoms with Crippen LogP contribution in [0.2, 0.25) is 0 Å². The van der Waals surface area contributed by atoms with E-state index in [2.05, 4.69) is 10.3 Å². The maximum atomic E-state index is 13.4. The number of carbonyl (C=O) groups is 2. The van der Waals surface area contributed by atoms with Crippen LogP contribution in [0.15, 0.2) is 18.3 Å². The van der Waals surface area contributed by atoms with E-state index in [1.54, 1.807) is 11.1 Å². The zero-order valence-electron chi connectivity index (χ0n) is 14.7. The van der Waals surface area contributed by atoms with Crippen molar-refractivity contribution in [3.05, 3.63) is 24.0 Å². The van der Waals surface area contributed by atoms with E-state index < -0.39 is 5.60 Å². The van der Waals surface area contributed by atoms with Gasteiger partial charge in [-0.15, -0.1) is 0 Å². The Morgan fingerprint density at radius 1 is 1.40 bits per heavy atom. The highest BCUT2D eigenvalue weighted by Gasteiger charge is 2.46. The van der Waals surface area contributed by atoms with Crippen molar-refractivity contribution >= 4 is 11.8 Å². The van der Waals surface area contributed by atoms with Gasteiger partial charge in [0.05, 0.1) is 11.6 Å². The fourth-order valence-corrected chi connectivity index (χ4v) is 3.66. The van der Waals surface area contributed by atoms with Crippen molar-refractivity contribution in [1.29, 1.82) is 0 Å². The molecule has 7 nitrogen and oxygen atoms in total. The lowest BCUT2D eigenvalue weighted by Gasteiger charge is -2.42. The summed E-state index contributed by atoms with van der Waals surface area (Å²) in [6.07, 6.45) is 4.44. The number of hydrogen-bond donors (Lipinski definition) is 2. The maximum absolute atomic E-state index is 13.4. The number of rotatable bonds is 4. The van der Waals surface area contributed by atoms with Gasteiger partial charge in [-0.1, -0.05) is 0 Å². The van der Waals surface area contributed by atoms with E-state index in [0.717, 1.165) is 31.6 Å². The minimum Gasteiger partial charge on any atom is -0.475 e. The quantitative estimate of drug-likeness (QED) is 0.833. The minimum atomic E-state index is -0.904. The summed E-state index contributed by atoms with van der Waals surface area (Å²) in [5, 5.41) is 3.28. The molecule has 0 spiro atoms. The van der Waals surface area contributed by atoms with Crippen molar-refractivity contribution in [3.8, 4) is 5.75 Å². The lowest BCUT2D eigenvalue weighted by atomic mass is 9.88. The molecular weight excluding hydrogens is 320 g/mol. The third kappa shape index (κ3) is 3.76. The van der Waals surface area contributed by atoms with Gasteiger partial charge in [0.1, 0.15) is 5.75 Å². The standard InChI is InChI=1S/C18H26N4O3/c1-13-15(5-2-8-21-13)25-18(6-9-20-10-7-18)17(24)22-11-3-4-14(12-22)16(19)23/h2,5,8,14,20H,3-4,6-7,9-12H2,1H3,(H2,19,23). The number of piperidine rings is 2. The number of nitrogens with one attached hydrogen (secondary N) is 1. The number of amides is 2. The van der Waals surface area contributed by atoms with Crippen LogP contribution >= 0.6 is 0 Å². The molecule has 2 amide bonds. The molecular formula is C18H26N4O3. The Labute approximate surface area is 147 Å². The summed E-state index contributed by atoms with van der Waals surface area (Å²) in [5.41, 5.74) is 5.32. The molecule has 3 heterocycles. The van der Waals surface area contributed by atoms with Crippen LogP contribution in [0.25, 0.3) is 0 Å². The van der Waals surface area contributed by atoms with Crippen LogP contribution in [-0.4, -0.2) is 53.5 Å². The van der Waals surface area contributed by atoms with Crippen LogP contribution in [0.3, 0.4) is 0 Å². The van der Waals surface area contributed by atoms with E-state index in [1.165, 1.54) is 0 Å². The number of primary amides is 1. The maximum Gasteiger partial charge on any atom is 0.266 e. The number of nitrogens with zero attached hydrogens (tertiary/aromatic N) is 2. The Kier molecular flexibility index (Phi) is 5.22. The molecule has 0 aliphatic carbocycles. The molecule has 7 heteroatoms. The highest BCUT2D eigenvalue weighted by molar-refractivity contribution is 5.87. The van der Waals surface area contributed by atoms with E-state index in [0.29, 0.717) is 31.7 Å². The zero-order valence-corrected chi connectivity index (χ0v) is 14.7. The van der Waals surface area contributed by atoms with Gasteiger partial charge in [-0.25, -0.2) is 0 Å². The first-order valence-corrected chi connectivity index (χ1v) is 8.92. The lowest BCUT2D eigenvalue weighted by molar-refractivity contribution is -0.153. The van der Waals surface area contributed by atoms with E-state index in [-0.39, 0.29) is 17.7 Å². The van der Waals surface area contributed by atoms with Gasteiger partial charge in [-0.3, -0.25) is 14.6 Å². The number of aromatic nitrogens is 1. The lowest BCUT2D eigenvalue weighted by Crippen LogP contribution is -2.59. The number of likely N-dealkylation sites (tertiary alicyclic amines) is 1. The number of ether oxygens (including phenoxy) is 1. The molecule has 3 rings (SSSR count). The first-order valence-electron chi connectivity index (χ1n) is 8.92. The zero-order chi connectivity index (χ0) is 17.9. The average molecular weight is 346 g/mol. The summed E-state index contributed by atoms with van der Waals surface area (Å²) in [4.78, 5) is 30.9. The highest BCUT2D eigenvalue weighted by Crippen LogP contribution is 2.31. The van der Waals surface area contributed by atoms with E-state index in [4.69, 9.17) is 10.5 Å². The summed E-state index contributed by atoms with van der Waals surface area (Å²) < 4.78 is 6.27. The van der Waals surface area contributed by atoms with Gasteiger partial charge in [0.2, 0.25) is 5.91 Å². The molecule has 0 bridgehead atoms. The predicted octanol–water partition coefficient (Wildman–Crippen LogP) is 0.615. The van der Waals surface area contributed by atoms with Gasteiger partial charge < -0.3 is 20.7 Å². The summed E-state index contributed by atoms with van der Waals surface area (Å²) in [5.74, 6) is 0.00175. The molecule has 1 atom stereocenters. The Morgan fingerprint density at radius 2 is 2.16 bits per heavy atom. The van der Waals surface area contributed by atoms with Crippen LogP contribution in [-0.2, 0) is 9.59 Å². The van der Waals surface area contributed by atoms with Crippen molar-refractivity contribution in [2.24, 2.45) is 11.7 Å². The largest absolute Gasteiger partial charge is 0.475 e. The number of nitrogens with two attached hydrogens (primary N) is 1. The van der Waals surface area contributed by atoms with Crippen LogP contribution < -0.4 is 15.8 Å². The van der Waals surface area contributed by atoms with Crippen LogP contribution in [0, 0.1) is 12.8 Å². The van der Waals surface area contributed by atoms with E-state index in [1.807, 2.05) is 19.1 Å². The molecule has 2 fully saturated rings. The molecule has 1 unspecified atom stereocenters. The van der Waals surface area contributed by atoms with Crippen molar-refractivity contribution < 1.29 is 14.3 Å². The average Bonchev–Trinajstić information content (AvgIpc) is 2.64. The topological polar surface area (TPSA) is 97.6 Å². The fourth-order valence-electron chi connectivity index (χ4n) is 3.66. The number of hydrogen-bond acceptors (Lipinski definition) is 5. The van der Waals surface area contributed by atoms with Gasteiger partial charge in [0.25, 0.3) is 5.91 Å². The smallest absolute Gasteiger partial charge is 0.266 e. The molecule has 3 N–H and O–H groups in total. The summed E-state index contributed by atoms with van der Waals surface area (Å²) in [6.45, 7) is 4.35. The number of carbonyl (C=O) groups excluding carboxylic acids is 2. The number of aryl methyl sites for hydroxylation is 1. The Hall–Kier alpha value is -2.15. The van der Waals surface area contributed by atoms with Gasteiger partial charge in [-0.2, -0.15) is 0 Å². The van der Waals surface area contributed by atoms with Gasteiger partial charge >= 0.3 is 0 Å². The molecule has 0 radical (unpaired) electrons. The molecule has 2 saturated heterocycles. The Bertz CT molecular complexity index is 643. The third-order valence-electron chi connectivity index (χ3n) is 5.18. The van der Waals surface area contributed by atoms with Crippen molar-refractivity contribution in [1.82, 2.24) is 15.2 Å². The first-order chi connectivity index (χ1) is 12.0. The van der Waals surface area contributed by atoms with Crippen LogP contribution in [0.5, 0.6) is 5.75 Å². The molecule has 136 valence electrons. The van der Waals surface area contributed by atoms with Crippen LogP contribution in [0.4, 0.5) is 0 Å². The van der Waals surface area contributed by atoms with Gasteiger partial charge in [0, 0.05) is 32.1 Å². The molecule has 1 aromatic rings. The second kappa shape index (κ2) is 7.39. The van der Waals surface area contributed by atoms with Crippen molar-refractivity contribution in [3.63, 3.8) is 0 Å². The van der Waals surface area contributed by atoms with Gasteiger partial charge in [-0.05, 0) is 45.0 Å². The normalized spacial score (nSPS) is 23.1. The molecule has 0 aromatic carbocycles. The summed E-state index contributed by atoms with van der Waals surface area (Å²) >= 11 is 0. The SMILES string of the molecule is Cc1ncccc1OC1(C(=O)N2CCCC(C(N)=O)C2)CCNCC1. The van der Waals surface area contributed by atoms with E-state index in [9.17, 15) is 9.59 Å². The third-order valence-corrected chi connectivity index (χ3v) is 5.18. The number of pyridine rings is 1. The highest BCUT2D eigenvalue weighted by atomic mass is 16.5. The van der Waals surface area contributed by atoms with Gasteiger partial charge in [0.15, 0.2) is 5.60 Å². The van der Waals surface area contributed by atoms with Crippen molar-refractivity contribution in [2.45, 2.75) is 38.2 Å². The second-order valence-corrected chi connectivity index (χ2v) is 6.93. The monoisotopic (exact) mass is 346 g/mol. The van der Waals surface area contributed by atoms with Crippen LogP contribution in [0.1, 0.15) is 31.4 Å². The predicted molar refractivity (Wildman–Crippen MR) is 92.9 cm³/mol. The Morgan fingerprint density at radius 3 is 2.84 bits per heavy atom. The summed E-state index contributed by atoms with van der Waals surface area (Å²) in [6, 6.07) is 3.66. The first kappa shape index (κ1) is 17.7. The Balaban J connectivity index is 1.83. The molecule has 0 saturated carbocycles.